The fourth-order valence-electron chi connectivity index (χ4n) is 1.68. The van der Waals surface area contributed by atoms with Crippen LogP contribution in [0.25, 0.3) is 0 Å². The van der Waals surface area contributed by atoms with Gasteiger partial charge in [-0.25, -0.2) is 13.6 Å². The number of rotatable bonds is 4. The van der Waals surface area contributed by atoms with Crippen LogP contribution in [0, 0.1) is 11.6 Å². The predicted octanol–water partition coefficient (Wildman–Crippen LogP) is 1.46. The first-order chi connectivity index (χ1) is 9.35. The van der Waals surface area contributed by atoms with Gasteiger partial charge < -0.3 is 5.32 Å². The molecule has 1 rings (SSSR count). The van der Waals surface area contributed by atoms with Crippen molar-refractivity contribution in [2.24, 2.45) is 0 Å². The van der Waals surface area contributed by atoms with Gasteiger partial charge in [0.25, 0.3) is 0 Å². The third-order valence-corrected chi connectivity index (χ3v) is 2.79. The Bertz CT molecular complexity index is 508. The molecule has 0 aliphatic carbocycles. The number of halogens is 2. The third-order valence-electron chi connectivity index (χ3n) is 2.79. The summed E-state index contributed by atoms with van der Waals surface area (Å²) in [5.41, 5.74) is 0.242. The summed E-state index contributed by atoms with van der Waals surface area (Å²) in [5, 5.41) is 7.19. The minimum atomic E-state index is -0.716. The molecule has 5 nitrogen and oxygen atoms in total. The van der Waals surface area contributed by atoms with Crippen molar-refractivity contribution in [3.63, 3.8) is 0 Å². The molecule has 0 saturated carbocycles. The summed E-state index contributed by atoms with van der Waals surface area (Å²) in [6.07, 6.45) is 0. The first-order valence-corrected chi connectivity index (χ1v) is 6.08. The van der Waals surface area contributed by atoms with Crippen molar-refractivity contribution in [2.75, 3.05) is 7.05 Å². The van der Waals surface area contributed by atoms with Crippen LogP contribution < -0.4 is 16.0 Å². The maximum absolute atomic E-state index is 13.6. The molecule has 0 aliphatic heterocycles. The number of imide groups is 1. The van der Waals surface area contributed by atoms with Crippen LogP contribution in [0.5, 0.6) is 0 Å². The smallest absolute Gasteiger partial charge is 0.321 e. The highest BCUT2D eigenvalue weighted by molar-refractivity contribution is 5.96. The monoisotopic (exact) mass is 285 g/mol. The molecule has 0 bridgehead atoms. The van der Waals surface area contributed by atoms with Gasteiger partial charge in [-0.3, -0.25) is 15.4 Å². The van der Waals surface area contributed by atoms with E-state index in [1.165, 1.54) is 20.0 Å². The standard InChI is InChI=1S/C13H17F2N3O2/c1-7(10-5-4-9(14)6-11(10)15)17-8(2)12(19)18-13(20)16-3/h4-8,17H,1-3H3,(H2,16,18,19,20)/t7-,8-/m1/s1. The van der Waals surface area contributed by atoms with Gasteiger partial charge in [-0.05, 0) is 19.9 Å². The number of hydrogen-bond donors (Lipinski definition) is 3. The van der Waals surface area contributed by atoms with Crippen molar-refractivity contribution >= 4 is 11.9 Å². The minimum absolute atomic E-state index is 0.242. The lowest BCUT2D eigenvalue weighted by atomic mass is 10.1. The maximum Gasteiger partial charge on any atom is 0.321 e. The molecule has 0 aromatic heterocycles. The van der Waals surface area contributed by atoms with Crippen molar-refractivity contribution in [3.05, 3.63) is 35.4 Å². The summed E-state index contributed by atoms with van der Waals surface area (Å²) in [7, 11) is 1.39. The second kappa shape index (κ2) is 6.95. The van der Waals surface area contributed by atoms with E-state index in [1.54, 1.807) is 6.92 Å². The Kier molecular flexibility index (Phi) is 5.57. The molecule has 0 aliphatic rings. The van der Waals surface area contributed by atoms with Gasteiger partial charge in [0.05, 0.1) is 6.04 Å². The van der Waals surface area contributed by atoms with Gasteiger partial charge in [0.2, 0.25) is 5.91 Å². The average molecular weight is 285 g/mol. The zero-order chi connectivity index (χ0) is 15.3. The Balaban J connectivity index is 2.67. The highest BCUT2D eigenvalue weighted by Gasteiger charge is 2.19. The van der Waals surface area contributed by atoms with Gasteiger partial charge in [-0.15, -0.1) is 0 Å². The SMILES string of the molecule is CNC(=O)NC(=O)[C@@H](C)N[C@H](C)c1ccc(F)cc1F. The fraction of sp³-hybridized carbons (Fsp3) is 0.385. The van der Waals surface area contributed by atoms with Crippen molar-refractivity contribution in [1.29, 1.82) is 0 Å². The lowest BCUT2D eigenvalue weighted by Crippen LogP contribution is -2.47. The van der Waals surface area contributed by atoms with E-state index in [-0.39, 0.29) is 5.56 Å². The van der Waals surface area contributed by atoms with Crippen LogP contribution in [0.15, 0.2) is 18.2 Å². The molecular weight excluding hydrogens is 268 g/mol. The summed E-state index contributed by atoms with van der Waals surface area (Å²) in [4.78, 5) is 22.6. The van der Waals surface area contributed by atoms with Crippen LogP contribution in [0.2, 0.25) is 0 Å². The van der Waals surface area contributed by atoms with E-state index in [0.29, 0.717) is 0 Å². The van der Waals surface area contributed by atoms with Crippen LogP contribution in [0.1, 0.15) is 25.5 Å². The van der Waals surface area contributed by atoms with E-state index < -0.39 is 35.7 Å². The summed E-state index contributed by atoms with van der Waals surface area (Å²) >= 11 is 0. The fourth-order valence-corrected chi connectivity index (χ4v) is 1.68. The molecule has 0 unspecified atom stereocenters. The predicted molar refractivity (Wildman–Crippen MR) is 70.0 cm³/mol. The molecule has 0 saturated heterocycles. The zero-order valence-electron chi connectivity index (χ0n) is 11.5. The van der Waals surface area contributed by atoms with E-state index in [1.807, 2.05) is 0 Å². The molecular formula is C13H17F2N3O2. The highest BCUT2D eigenvalue weighted by Crippen LogP contribution is 2.18. The van der Waals surface area contributed by atoms with Gasteiger partial charge >= 0.3 is 6.03 Å². The van der Waals surface area contributed by atoms with E-state index in [2.05, 4.69) is 16.0 Å². The summed E-state index contributed by atoms with van der Waals surface area (Å²) in [5.74, 6) is -1.90. The van der Waals surface area contributed by atoms with E-state index in [9.17, 15) is 18.4 Å². The van der Waals surface area contributed by atoms with Crippen molar-refractivity contribution < 1.29 is 18.4 Å². The number of nitrogens with one attached hydrogen (secondary N) is 3. The number of benzene rings is 1. The van der Waals surface area contributed by atoms with Crippen molar-refractivity contribution in [3.8, 4) is 0 Å². The lowest BCUT2D eigenvalue weighted by Gasteiger charge is -2.20. The molecule has 3 N–H and O–H groups in total. The summed E-state index contributed by atoms with van der Waals surface area (Å²) in [6, 6.07) is 1.39. The molecule has 0 fully saturated rings. The molecule has 0 heterocycles. The Hall–Kier alpha value is -2.02. The second-order valence-electron chi connectivity index (χ2n) is 4.34. The number of urea groups is 1. The van der Waals surface area contributed by atoms with Gasteiger partial charge in [-0.2, -0.15) is 0 Å². The number of carbonyl (C=O) groups is 2. The molecule has 1 aromatic carbocycles. The van der Waals surface area contributed by atoms with Crippen LogP contribution in [0.4, 0.5) is 13.6 Å². The van der Waals surface area contributed by atoms with Crippen LogP contribution in [-0.2, 0) is 4.79 Å². The Morgan fingerprint density at radius 3 is 2.40 bits per heavy atom. The molecule has 7 heteroatoms. The summed E-state index contributed by atoms with van der Waals surface area (Å²) < 4.78 is 26.4. The average Bonchev–Trinajstić information content (AvgIpc) is 2.37. The lowest BCUT2D eigenvalue weighted by molar-refractivity contribution is -0.121. The highest BCUT2D eigenvalue weighted by atomic mass is 19.1. The van der Waals surface area contributed by atoms with Gasteiger partial charge in [0.1, 0.15) is 11.6 Å². The van der Waals surface area contributed by atoms with E-state index >= 15 is 0 Å². The van der Waals surface area contributed by atoms with E-state index in [0.717, 1.165) is 12.1 Å². The van der Waals surface area contributed by atoms with Crippen LogP contribution in [0.3, 0.4) is 0 Å². The maximum atomic E-state index is 13.6. The molecule has 20 heavy (non-hydrogen) atoms. The number of carbonyl (C=O) groups excluding carboxylic acids is 2. The topological polar surface area (TPSA) is 70.2 Å². The number of hydrogen-bond acceptors (Lipinski definition) is 3. The molecule has 1 aromatic rings. The van der Waals surface area contributed by atoms with Gasteiger partial charge in [0, 0.05) is 24.7 Å². The van der Waals surface area contributed by atoms with Crippen molar-refractivity contribution in [2.45, 2.75) is 25.9 Å². The first kappa shape index (κ1) is 16.0. The van der Waals surface area contributed by atoms with Gasteiger partial charge in [-0.1, -0.05) is 6.07 Å². The molecule has 0 spiro atoms. The third kappa shape index (κ3) is 4.27. The largest absolute Gasteiger partial charge is 0.341 e. The normalized spacial score (nSPS) is 13.4. The first-order valence-electron chi connectivity index (χ1n) is 6.08. The quantitative estimate of drug-likeness (QED) is 0.784. The minimum Gasteiger partial charge on any atom is -0.341 e. The molecule has 0 radical (unpaired) electrons. The van der Waals surface area contributed by atoms with Gasteiger partial charge in [0.15, 0.2) is 0 Å². The van der Waals surface area contributed by atoms with Crippen LogP contribution >= 0.6 is 0 Å². The van der Waals surface area contributed by atoms with Crippen molar-refractivity contribution in [1.82, 2.24) is 16.0 Å². The molecule has 2 atom stereocenters. The molecule has 110 valence electrons. The Morgan fingerprint density at radius 1 is 1.20 bits per heavy atom. The Morgan fingerprint density at radius 2 is 1.85 bits per heavy atom. The summed E-state index contributed by atoms with van der Waals surface area (Å²) in [6.45, 7) is 3.18. The van der Waals surface area contributed by atoms with E-state index in [4.69, 9.17) is 0 Å². The zero-order valence-corrected chi connectivity index (χ0v) is 11.5. The Labute approximate surface area is 115 Å². The molecule has 3 amide bonds. The second-order valence-corrected chi connectivity index (χ2v) is 4.34. The van der Waals surface area contributed by atoms with Crippen LogP contribution in [-0.4, -0.2) is 25.0 Å². The number of amides is 3.